The number of hydrogen-bond acceptors (Lipinski definition) is 2. The van der Waals surface area contributed by atoms with Crippen LogP contribution in [-0.2, 0) is 6.54 Å². The first-order valence-electron chi connectivity index (χ1n) is 11.0. The molecule has 0 aliphatic carbocycles. The second-order valence-corrected chi connectivity index (χ2v) is 8.18. The molecule has 0 N–H and O–H groups in total. The average Bonchev–Trinajstić information content (AvgIpc) is 3.07. The van der Waals surface area contributed by atoms with Crippen LogP contribution in [0, 0.1) is 5.82 Å². The van der Waals surface area contributed by atoms with E-state index in [4.69, 9.17) is 4.74 Å². The van der Waals surface area contributed by atoms with Gasteiger partial charge in [-0.25, -0.2) is 4.39 Å². The summed E-state index contributed by atoms with van der Waals surface area (Å²) in [5.74, 6) is 0.653. The van der Waals surface area contributed by atoms with Crippen molar-refractivity contribution in [3.05, 3.63) is 71.3 Å². The monoisotopic (exact) mass is 406 g/mol. The fraction of sp³-hybridized carbons (Fsp3) is 0.385. The minimum absolute atomic E-state index is 0.200. The fourth-order valence-corrected chi connectivity index (χ4v) is 4.52. The van der Waals surface area contributed by atoms with Crippen LogP contribution in [0.25, 0.3) is 17.0 Å². The minimum Gasteiger partial charge on any atom is -0.497 e. The van der Waals surface area contributed by atoms with Crippen molar-refractivity contribution in [2.75, 3.05) is 13.7 Å². The number of methoxy groups -OCH3 is 1. The Morgan fingerprint density at radius 3 is 2.57 bits per heavy atom. The normalized spacial score (nSPS) is 15.6. The molecule has 2 heterocycles. The molecule has 30 heavy (non-hydrogen) atoms. The lowest BCUT2D eigenvalue weighted by Gasteiger charge is -2.32. The zero-order chi connectivity index (χ0) is 21.1. The van der Waals surface area contributed by atoms with Gasteiger partial charge in [-0.05, 0) is 49.2 Å². The lowest BCUT2D eigenvalue weighted by molar-refractivity contribution is 0.278. The van der Waals surface area contributed by atoms with Gasteiger partial charge >= 0.3 is 0 Å². The Balaban J connectivity index is 1.74. The molecule has 0 radical (unpaired) electrons. The highest BCUT2D eigenvalue weighted by molar-refractivity contribution is 5.93. The molecular weight excluding hydrogens is 375 g/mol. The van der Waals surface area contributed by atoms with Crippen molar-refractivity contribution in [2.45, 2.75) is 52.1 Å². The maximum absolute atomic E-state index is 13.4. The summed E-state index contributed by atoms with van der Waals surface area (Å²) >= 11 is 0. The number of aromatic nitrogens is 1. The molecule has 0 fully saturated rings. The molecule has 3 nitrogen and oxygen atoms in total. The zero-order valence-corrected chi connectivity index (χ0v) is 18.2. The van der Waals surface area contributed by atoms with E-state index in [1.165, 1.54) is 54.5 Å². The lowest BCUT2D eigenvalue weighted by Crippen LogP contribution is -2.27. The summed E-state index contributed by atoms with van der Waals surface area (Å²) in [5.41, 5.74) is 4.86. The predicted molar refractivity (Wildman–Crippen MR) is 122 cm³/mol. The van der Waals surface area contributed by atoms with Crippen molar-refractivity contribution >= 4 is 17.0 Å². The maximum Gasteiger partial charge on any atom is 0.123 e. The van der Waals surface area contributed by atoms with E-state index in [1.54, 1.807) is 7.11 Å². The van der Waals surface area contributed by atoms with Gasteiger partial charge in [-0.2, -0.15) is 0 Å². The summed E-state index contributed by atoms with van der Waals surface area (Å²) < 4.78 is 21.3. The number of rotatable bonds is 8. The van der Waals surface area contributed by atoms with Crippen LogP contribution in [0.5, 0.6) is 5.75 Å². The van der Waals surface area contributed by atoms with E-state index >= 15 is 0 Å². The predicted octanol–water partition coefficient (Wildman–Crippen LogP) is 6.76. The molecule has 2 aromatic carbocycles. The molecule has 1 aromatic heterocycles. The summed E-state index contributed by atoms with van der Waals surface area (Å²) in [4.78, 5) is 2.45. The van der Waals surface area contributed by atoms with Crippen LogP contribution in [-0.4, -0.2) is 23.1 Å². The Morgan fingerprint density at radius 2 is 1.83 bits per heavy atom. The number of nitrogens with zero attached hydrogens (tertiary/aromatic N) is 2. The number of benzene rings is 2. The second kappa shape index (κ2) is 8.95. The van der Waals surface area contributed by atoms with Crippen LogP contribution in [0.15, 0.2) is 48.7 Å². The SMILES string of the molecule is CCCCCCN1C=Cc2c(n(Cc3ccc(F)cc3)c3cc(OC)ccc23)C1C. The molecule has 3 aromatic rings. The van der Waals surface area contributed by atoms with Gasteiger partial charge < -0.3 is 14.2 Å². The van der Waals surface area contributed by atoms with E-state index in [-0.39, 0.29) is 11.9 Å². The largest absolute Gasteiger partial charge is 0.497 e. The van der Waals surface area contributed by atoms with Crippen molar-refractivity contribution in [1.29, 1.82) is 0 Å². The number of unbranched alkanes of at least 4 members (excludes halogenated alkanes) is 3. The van der Waals surface area contributed by atoms with Gasteiger partial charge in [-0.15, -0.1) is 0 Å². The van der Waals surface area contributed by atoms with E-state index in [0.717, 1.165) is 23.4 Å². The van der Waals surface area contributed by atoms with Gasteiger partial charge in [0.05, 0.1) is 18.7 Å². The number of hydrogen-bond donors (Lipinski definition) is 0. The van der Waals surface area contributed by atoms with Crippen molar-refractivity contribution < 1.29 is 9.13 Å². The summed E-state index contributed by atoms with van der Waals surface area (Å²) in [5, 5.41) is 1.24. The molecule has 1 unspecified atom stereocenters. The Bertz CT molecular complexity index is 1040. The first-order valence-corrected chi connectivity index (χ1v) is 11.0. The molecule has 1 atom stereocenters. The van der Waals surface area contributed by atoms with Crippen LogP contribution in [0.4, 0.5) is 4.39 Å². The minimum atomic E-state index is -0.200. The third kappa shape index (κ3) is 3.96. The molecule has 0 saturated heterocycles. The van der Waals surface area contributed by atoms with Gasteiger partial charge in [0.25, 0.3) is 0 Å². The summed E-state index contributed by atoms with van der Waals surface area (Å²) in [6.07, 6.45) is 9.54. The molecule has 4 rings (SSSR count). The first kappa shape index (κ1) is 20.5. The van der Waals surface area contributed by atoms with Crippen LogP contribution in [0.1, 0.15) is 62.4 Å². The fourth-order valence-electron chi connectivity index (χ4n) is 4.52. The standard InChI is InChI=1S/C26H31FN2O/c1-4-5-6-7-15-28-16-14-24-23-13-12-22(30-3)17-25(23)29(26(24)19(28)2)18-20-8-10-21(27)11-9-20/h8-14,16-17,19H,4-7,15,18H2,1-3H3. The van der Waals surface area contributed by atoms with Gasteiger partial charge in [0.1, 0.15) is 11.6 Å². The molecule has 0 saturated carbocycles. The molecule has 158 valence electrons. The average molecular weight is 407 g/mol. The Morgan fingerprint density at radius 1 is 1.03 bits per heavy atom. The van der Waals surface area contributed by atoms with Crippen LogP contribution < -0.4 is 4.74 Å². The quantitative estimate of drug-likeness (QED) is 0.384. The molecule has 0 spiro atoms. The highest BCUT2D eigenvalue weighted by Gasteiger charge is 2.26. The molecule has 4 heteroatoms. The number of fused-ring (bicyclic) bond motifs is 3. The van der Waals surface area contributed by atoms with Crippen molar-refractivity contribution in [2.24, 2.45) is 0 Å². The molecule has 1 aliphatic heterocycles. The van der Waals surface area contributed by atoms with Crippen LogP contribution >= 0.6 is 0 Å². The van der Waals surface area contributed by atoms with E-state index in [2.05, 4.69) is 47.7 Å². The van der Waals surface area contributed by atoms with E-state index in [9.17, 15) is 4.39 Å². The zero-order valence-electron chi connectivity index (χ0n) is 18.2. The smallest absolute Gasteiger partial charge is 0.123 e. The number of halogens is 1. The van der Waals surface area contributed by atoms with Crippen molar-refractivity contribution in [3.8, 4) is 5.75 Å². The molecule has 1 aliphatic rings. The Hall–Kier alpha value is -2.75. The number of ether oxygens (including phenoxy) is 1. The van der Waals surface area contributed by atoms with Crippen LogP contribution in [0.2, 0.25) is 0 Å². The lowest BCUT2D eigenvalue weighted by atomic mass is 10.0. The van der Waals surface area contributed by atoms with Gasteiger partial charge in [0, 0.05) is 42.0 Å². The topological polar surface area (TPSA) is 17.4 Å². The summed E-state index contributed by atoms with van der Waals surface area (Å²) in [6, 6.07) is 13.4. The molecule has 0 amide bonds. The Kier molecular flexibility index (Phi) is 6.12. The van der Waals surface area contributed by atoms with Crippen molar-refractivity contribution in [1.82, 2.24) is 9.47 Å². The van der Waals surface area contributed by atoms with E-state index in [0.29, 0.717) is 6.54 Å². The summed E-state index contributed by atoms with van der Waals surface area (Å²) in [6.45, 7) is 6.32. The molecule has 0 bridgehead atoms. The van der Waals surface area contributed by atoms with Gasteiger partial charge in [0.15, 0.2) is 0 Å². The van der Waals surface area contributed by atoms with Gasteiger partial charge in [-0.1, -0.05) is 38.3 Å². The van der Waals surface area contributed by atoms with Gasteiger partial charge in [-0.3, -0.25) is 0 Å². The maximum atomic E-state index is 13.4. The second-order valence-electron chi connectivity index (χ2n) is 8.18. The van der Waals surface area contributed by atoms with Gasteiger partial charge in [0.2, 0.25) is 0 Å². The summed E-state index contributed by atoms with van der Waals surface area (Å²) in [7, 11) is 1.70. The molecular formula is C26H31FN2O. The third-order valence-electron chi connectivity index (χ3n) is 6.20. The first-order chi connectivity index (χ1) is 14.6. The van der Waals surface area contributed by atoms with E-state index in [1.807, 2.05) is 18.2 Å². The van der Waals surface area contributed by atoms with Crippen molar-refractivity contribution in [3.63, 3.8) is 0 Å². The highest BCUT2D eigenvalue weighted by Crippen LogP contribution is 2.39. The highest BCUT2D eigenvalue weighted by atomic mass is 19.1. The van der Waals surface area contributed by atoms with Crippen LogP contribution in [0.3, 0.4) is 0 Å². The van der Waals surface area contributed by atoms with E-state index < -0.39 is 0 Å². The Labute approximate surface area is 178 Å². The third-order valence-corrected chi connectivity index (χ3v) is 6.20.